The number of benzene rings is 1. The van der Waals surface area contributed by atoms with E-state index in [9.17, 15) is 22.4 Å². The Morgan fingerprint density at radius 2 is 1.94 bits per heavy atom. The number of aromatic nitrogens is 4. The van der Waals surface area contributed by atoms with Gasteiger partial charge in [0.1, 0.15) is 17.1 Å². The third-order valence-corrected chi connectivity index (χ3v) is 5.62. The largest absolute Gasteiger partial charge is 0.495 e. The van der Waals surface area contributed by atoms with E-state index in [1.165, 1.54) is 19.6 Å². The molecule has 1 fully saturated rings. The molecule has 0 bridgehead atoms. The maximum absolute atomic E-state index is 13.7. The lowest BCUT2D eigenvalue weighted by molar-refractivity contribution is -0.0875. The molecule has 1 aromatic carbocycles. The standard InChI is InChI=1S/C22H17F4N5O2/c1-33-19-3-2-13(30-10-17(28-11-30)12-6-22(25,26)7-12)4-16(19)29-21(32)18-8-27-20-5-14(23)15(24)9-31(18)20/h2-5,8-12H,6-7H2,1H3,(H,29,32). The van der Waals surface area contributed by atoms with Crippen LogP contribution in [-0.2, 0) is 0 Å². The molecular weight excluding hydrogens is 442 g/mol. The smallest absolute Gasteiger partial charge is 0.274 e. The van der Waals surface area contributed by atoms with Crippen molar-refractivity contribution in [2.75, 3.05) is 12.4 Å². The second kappa shape index (κ2) is 7.61. The van der Waals surface area contributed by atoms with Crippen LogP contribution in [0.4, 0.5) is 23.2 Å². The maximum Gasteiger partial charge on any atom is 0.274 e. The van der Waals surface area contributed by atoms with E-state index < -0.39 is 23.5 Å². The Morgan fingerprint density at radius 3 is 2.67 bits per heavy atom. The molecule has 1 N–H and O–H groups in total. The molecule has 4 aromatic rings. The van der Waals surface area contributed by atoms with Crippen molar-refractivity contribution < 1.29 is 27.1 Å². The van der Waals surface area contributed by atoms with Crippen molar-refractivity contribution in [1.29, 1.82) is 0 Å². The molecule has 3 heterocycles. The molecule has 1 amide bonds. The summed E-state index contributed by atoms with van der Waals surface area (Å²) >= 11 is 0. The summed E-state index contributed by atoms with van der Waals surface area (Å²) in [7, 11) is 1.43. The number of fused-ring (bicyclic) bond motifs is 1. The highest BCUT2D eigenvalue weighted by Gasteiger charge is 2.46. The average Bonchev–Trinajstić information content (AvgIpc) is 3.40. The first-order valence-corrected chi connectivity index (χ1v) is 9.98. The highest BCUT2D eigenvalue weighted by molar-refractivity contribution is 6.04. The number of anilines is 1. The molecule has 0 spiro atoms. The average molecular weight is 459 g/mol. The van der Waals surface area contributed by atoms with Gasteiger partial charge in [0.05, 0.1) is 37.2 Å². The first-order chi connectivity index (χ1) is 15.7. The van der Waals surface area contributed by atoms with Gasteiger partial charge in [0, 0.05) is 36.7 Å². The van der Waals surface area contributed by atoms with E-state index >= 15 is 0 Å². The first kappa shape index (κ1) is 21.0. The zero-order valence-corrected chi connectivity index (χ0v) is 17.2. The van der Waals surface area contributed by atoms with Gasteiger partial charge in [-0.25, -0.2) is 27.5 Å². The molecule has 7 nitrogen and oxygen atoms in total. The molecule has 1 saturated carbocycles. The van der Waals surface area contributed by atoms with Crippen molar-refractivity contribution >= 4 is 17.2 Å². The van der Waals surface area contributed by atoms with Crippen molar-refractivity contribution in [3.63, 3.8) is 0 Å². The number of alkyl halides is 2. The van der Waals surface area contributed by atoms with Crippen molar-refractivity contribution in [2.45, 2.75) is 24.7 Å². The minimum Gasteiger partial charge on any atom is -0.495 e. The SMILES string of the molecule is COc1ccc(-n2cnc(C3CC(F)(F)C3)c2)cc1NC(=O)c1cnc2cc(F)c(F)cn12. The number of carbonyl (C=O) groups is 1. The van der Waals surface area contributed by atoms with Crippen LogP contribution in [0, 0.1) is 11.6 Å². The number of nitrogens with zero attached hydrogens (tertiary/aromatic N) is 4. The van der Waals surface area contributed by atoms with E-state index in [0.29, 0.717) is 22.8 Å². The molecule has 0 atom stereocenters. The lowest BCUT2D eigenvalue weighted by Crippen LogP contribution is -2.33. The summed E-state index contributed by atoms with van der Waals surface area (Å²) < 4.78 is 61.6. The number of ether oxygens (including phenoxy) is 1. The van der Waals surface area contributed by atoms with Crippen LogP contribution in [0.5, 0.6) is 5.75 Å². The molecule has 5 rings (SSSR count). The Bertz CT molecular complexity index is 1370. The zero-order valence-electron chi connectivity index (χ0n) is 17.2. The van der Waals surface area contributed by atoms with Crippen LogP contribution in [0.3, 0.4) is 0 Å². The number of hydrogen-bond donors (Lipinski definition) is 1. The summed E-state index contributed by atoms with van der Waals surface area (Å²) in [6.45, 7) is 0. The summed E-state index contributed by atoms with van der Waals surface area (Å²) in [5.41, 5.74) is 1.56. The molecule has 0 aliphatic heterocycles. The maximum atomic E-state index is 13.7. The molecule has 1 aliphatic carbocycles. The summed E-state index contributed by atoms with van der Waals surface area (Å²) in [5.74, 6) is -5.38. The second-order valence-corrected chi connectivity index (χ2v) is 7.85. The highest BCUT2D eigenvalue weighted by atomic mass is 19.3. The Hall–Kier alpha value is -3.89. The Kier molecular flexibility index (Phi) is 4.84. The van der Waals surface area contributed by atoms with Crippen LogP contribution in [-0.4, -0.2) is 37.9 Å². The Labute approximate surface area is 184 Å². The normalized spacial score (nSPS) is 15.4. The third-order valence-electron chi connectivity index (χ3n) is 5.62. The first-order valence-electron chi connectivity index (χ1n) is 9.98. The van der Waals surface area contributed by atoms with E-state index in [-0.39, 0.29) is 30.1 Å². The molecular formula is C22H17F4N5O2. The van der Waals surface area contributed by atoms with Crippen LogP contribution in [0.2, 0.25) is 0 Å². The van der Waals surface area contributed by atoms with Gasteiger partial charge >= 0.3 is 0 Å². The lowest BCUT2D eigenvalue weighted by Gasteiger charge is -2.33. The summed E-state index contributed by atoms with van der Waals surface area (Å²) in [4.78, 5) is 21.0. The van der Waals surface area contributed by atoms with Crippen molar-refractivity contribution in [1.82, 2.24) is 18.9 Å². The molecule has 0 radical (unpaired) electrons. The van der Waals surface area contributed by atoms with E-state index in [1.54, 1.807) is 29.0 Å². The second-order valence-electron chi connectivity index (χ2n) is 7.85. The fraction of sp³-hybridized carbons (Fsp3) is 0.227. The van der Waals surface area contributed by atoms with Gasteiger partial charge in [-0.05, 0) is 18.2 Å². The summed E-state index contributed by atoms with van der Waals surface area (Å²) in [6, 6.07) is 5.87. The third kappa shape index (κ3) is 3.79. The van der Waals surface area contributed by atoms with E-state index in [4.69, 9.17) is 4.74 Å². The van der Waals surface area contributed by atoms with Crippen molar-refractivity contribution in [2.24, 2.45) is 0 Å². The van der Waals surface area contributed by atoms with Gasteiger partial charge in [-0.15, -0.1) is 0 Å². The number of nitrogens with one attached hydrogen (secondary N) is 1. The topological polar surface area (TPSA) is 73.4 Å². The number of methoxy groups -OCH3 is 1. The predicted octanol–water partition coefficient (Wildman–Crippen LogP) is 4.57. The van der Waals surface area contributed by atoms with Gasteiger partial charge < -0.3 is 14.6 Å². The Morgan fingerprint density at radius 1 is 1.15 bits per heavy atom. The van der Waals surface area contributed by atoms with E-state index in [2.05, 4.69) is 15.3 Å². The molecule has 3 aromatic heterocycles. The monoisotopic (exact) mass is 459 g/mol. The van der Waals surface area contributed by atoms with E-state index in [0.717, 1.165) is 16.7 Å². The number of amides is 1. The minimum atomic E-state index is -2.64. The number of carbonyl (C=O) groups excluding carboxylic acids is 1. The van der Waals surface area contributed by atoms with Crippen LogP contribution < -0.4 is 10.1 Å². The minimum absolute atomic E-state index is 0.00724. The predicted molar refractivity (Wildman–Crippen MR) is 110 cm³/mol. The number of pyridine rings is 1. The fourth-order valence-electron chi connectivity index (χ4n) is 3.84. The van der Waals surface area contributed by atoms with Crippen molar-refractivity contribution in [3.05, 3.63) is 72.2 Å². The van der Waals surface area contributed by atoms with Gasteiger partial charge in [0.15, 0.2) is 11.6 Å². The zero-order chi connectivity index (χ0) is 23.3. The van der Waals surface area contributed by atoms with Crippen molar-refractivity contribution in [3.8, 4) is 11.4 Å². The molecule has 11 heteroatoms. The number of hydrogen-bond acceptors (Lipinski definition) is 4. The molecule has 1 aliphatic rings. The van der Waals surface area contributed by atoms with Gasteiger partial charge in [0.25, 0.3) is 5.91 Å². The van der Waals surface area contributed by atoms with Crippen LogP contribution >= 0.6 is 0 Å². The van der Waals surface area contributed by atoms with Crippen LogP contribution in [0.1, 0.15) is 34.9 Å². The molecule has 33 heavy (non-hydrogen) atoms. The number of rotatable bonds is 5. The molecule has 0 unspecified atom stereocenters. The Balaban J connectivity index is 1.42. The summed E-state index contributed by atoms with van der Waals surface area (Å²) in [6.07, 6.45) is 4.79. The van der Waals surface area contributed by atoms with Gasteiger partial charge in [0.2, 0.25) is 5.92 Å². The quantitative estimate of drug-likeness (QED) is 0.444. The highest BCUT2D eigenvalue weighted by Crippen LogP contribution is 2.47. The van der Waals surface area contributed by atoms with E-state index in [1.807, 2.05) is 0 Å². The fourth-order valence-corrected chi connectivity index (χ4v) is 3.84. The molecule has 170 valence electrons. The van der Waals surface area contributed by atoms with Gasteiger partial charge in [-0.1, -0.05) is 0 Å². The lowest BCUT2D eigenvalue weighted by atomic mass is 9.79. The molecule has 0 saturated heterocycles. The van der Waals surface area contributed by atoms with Crippen LogP contribution in [0.15, 0.2) is 49.2 Å². The van der Waals surface area contributed by atoms with Gasteiger partial charge in [-0.2, -0.15) is 0 Å². The van der Waals surface area contributed by atoms with Gasteiger partial charge in [-0.3, -0.25) is 9.20 Å². The number of halogens is 4. The number of imidazole rings is 2. The summed E-state index contributed by atoms with van der Waals surface area (Å²) in [5, 5.41) is 2.69. The van der Waals surface area contributed by atoms with Crippen LogP contribution in [0.25, 0.3) is 11.3 Å².